The van der Waals surface area contributed by atoms with Crippen molar-refractivity contribution in [2.24, 2.45) is 5.73 Å². The van der Waals surface area contributed by atoms with Crippen LogP contribution in [0.15, 0.2) is 0 Å². The number of amides is 2. The molecular weight excluding hydrogens is 170 g/mol. The highest BCUT2D eigenvalue weighted by molar-refractivity contribution is 5.73. The molecule has 0 heterocycles. The first-order chi connectivity index (χ1) is 6.02. The summed E-state index contributed by atoms with van der Waals surface area (Å²) in [6.07, 6.45) is 0.667. The molecule has 0 saturated carbocycles. The quantitative estimate of drug-likeness (QED) is 0.515. The Morgan fingerprint density at radius 3 is 2.23 bits per heavy atom. The van der Waals surface area contributed by atoms with Gasteiger partial charge in [-0.15, -0.1) is 0 Å². The van der Waals surface area contributed by atoms with Gasteiger partial charge in [-0.25, -0.2) is 0 Å². The maximum Gasteiger partial charge on any atom is 0.216 e. The second kappa shape index (κ2) is 6.42. The first kappa shape index (κ1) is 11.9. The van der Waals surface area contributed by atoms with Gasteiger partial charge < -0.3 is 16.4 Å². The Labute approximate surface area is 78.1 Å². The van der Waals surface area contributed by atoms with E-state index in [1.54, 1.807) is 0 Å². The first-order valence-electron chi connectivity index (χ1n) is 4.27. The van der Waals surface area contributed by atoms with Crippen LogP contribution >= 0.6 is 0 Å². The number of nitrogens with two attached hydrogens (primary N) is 1. The van der Waals surface area contributed by atoms with E-state index in [1.165, 1.54) is 13.8 Å². The summed E-state index contributed by atoms with van der Waals surface area (Å²) in [6.45, 7) is 3.91. The topological polar surface area (TPSA) is 84.2 Å². The third kappa shape index (κ3) is 8.81. The molecule has 5 heteroatoms. The van der Waals surface area contributed by atoms with E-state index in [2.05, 4.69) is 10.6 Å². The number of rotatable bonds is 5. The molecule has 1 atom stereocenters. The Kier molecular flexibility index (Phi) is 5.88. The molecule has 0 spiro atoms. The smallest absolute Gasteiger partial charge is 0.216 e. The van der Waals surface area contributed by atoms with E-state index < -0.39 is 0 Å². The zero-order valence-electron chi connectivity index (χ0n) is 8.09. The summed E-state index contributed by atoms with van der Waals surface area (Å²) >= 11 is 0. The van der Waals surface area contributed by atoms with Crippen LogP contribution in [0, 0.1) is 0 Å². The molecular formula is C8H17N3O2. The maximum atomic E-state index is 10.5. The van der Waals surface area contributed by atoms with Gasteiger partial charge in [0.2, 0.25) is 11.8 Å². The normalized spacial score (nSPS) is 11.9. The molecule has 0 saturated heterocycles. The zero-order chi connectivity index (χ0) is 10.3. The van der Waals surface area contributed by atoms with Crippen molar-refractivity contribution >= 4 is 11.8 Å². The fraction of sp³-hybridized carbons (Fsp3) is 0.750. The van der Waals surface area contributed by atoms with Crippen molar-refractivity contribution in [3.05, 3.63) is 0 Å². The van der Waals surface area contributed by atoms with Crippen LogP contribution in [0.1, 0.15) is 20.3 Å². The number of carbonyl (C=O) groups excluding carboxylic acids is 2. The predicted octanol–water partition coefficient (Wildman–Crippen LogP) is -1.02. The van der Waals surface area contributed by atoms with Gasteiger partial charge in [0, 0.05) is 33.0 Å². The molecule has 0 aromatic rings. The Bertz CT molecular complexity index is 182. The van der Waals surface area contributed by atoms with Crippen molar-refractivity contribution in [3.8, 4) is 0 Å². The molecule has 0 fully saturated rings. The number of carbonyl (C=O) groups is 2. The lowest BCUT2D eigenvalue weighted by atomic mass is 10.2. The summed E-state index contributed by atoms with van der Waals surface area (Å²) in [6, 6.07) is -0.101. The molecule has 4 N–H and O–H groups in total. The third-order valence-corrected chi connectivity index (χ3v) is 1.50. The Morgan fingerprint density at radius 1 is 1.23 bits per heavy atom. The van der Waals surface area contributed by atoms with Gasteiger partial charge in [0.1, 0.15) is 0 Å². The second-order valence-electron chi connectivity index (χ2n) is 2.97. The molecule has 0 aromatic carbocycles. The molecule has 1 unspecified atom stereocenters. The lowest BCUT2D eigenvalue weighted by molar-refractivity contribution is -0.120. The maximum absolute atomic E-state index is 10.5. The Balaban J connectivity index is 3.35. The summed E-state index contributed by atoms with van der Waals surface area (Å²) in [5.41, 5.74) is 5.64. The zero-order valence-corrected chi connectivity index (χ0v) is 8.09. The van der Waals surface area contributed by atoms with Crippen LogP contribution in [0.5, 0.6) is 0 Å². The molecule has 0 aliphatic carbocycles. The van der Waals surface area contributed by atoms with E-state index in [0.717, 1.165) is 0 Å². The van der Waals surface area contributed by atoms with Crippen molar-refractivity contribution in [1.29, 1.82) is 0 Å². The number of hydrogen-bond donors (Lipinski definition) is 3. The van der Waals surface area contributed by atoms with Gasteiger partial charge in [-0.3, -0.25) is 9.59 Å². The first-order valence-corrected chi connectivity index (χ1v) is 4.27. The van der Waals surface area contributed by atoms with Gasteiger partial charge in [0.25, 0.3) is 0 Å². The average molecular weight is 187 g/mol. The largest absolute Gasteiger partial charge is 0.356 e. The Morgan fingerprint density at radius 2 is 1.77 bits per heavy atom. The van der Waals surface area contributed by atoms with Crippen molar-refractivity contribution in [3.63, 3.8) is 0 Å². The standard InChI is InChI=1S/C8H17N3O2/c1-6(12)10-4-3-8(9)5-11-7(2)13/h8H,3-5,9H2,1-2H3,(H,10,12)(H,11,13). The molecule has 76 valence electrons. The van der Waals surface area contributed by atoms with Gasteiger partial charge in [0.15, 0.2) is 0 Å². The molecule has 0 aromatic heterocycles. The van der Waals surface area contributed by atoms with Gasteiger partial charge >= 0.3 is 0 Å². The summed E-state index contributed by atoms with van der Waals surface area (Å²) < 4.78 is 0. The van der Waals surface area contributed by atoms with Crippen LogP contribution in [-0.4, -0.2) is 30.9 Å². The molecule has 0 radical (unpaired) electrons. The lowest BCUT2D eigenvalue weighted by Gasteiger charge is -2.11. The van der Waals surface area contributed by atoms with Gasteiger partial charge in [-0.05, 0) is 6.42 Å². The van der Waals surface area contributed by atoms with E-state index in [9.17, 15) is 9.59 Å². The monoisotopic (exact) mass is 187 g/mol. The van der Waals surface area contributed by atoms with Crippen LogP contribution in [0.25, 0.3) is 0 Å². The second-order valence-corrected chi connectivity index (χ2v) is 2.97. The number of hydrogen-bond acceptors (Lipinski definition) is 3. The predicted molar refractivity (Wildman–Crippen MR) is 50.0 cm³/mol. The highest BCUT2D eigenvalue weighted by atomic mass is 16.2. The van der Waals surface area contributed by atoms with E-state index >= 15 is 0 Å². The van der Waals surface area contributed by atoms with Crippen LogP contribution < -0.4 is 16.4 Å². The van der Waals surface area contributed by atoms with E-state index in [1.807, 2.05) is 0 Å². The molecule has 0 bridgehead atoms. The summed E-state index contributed by atoms with van der Waals surface area (Å²) in [4.78, 5) is 21.0. The van der Waals surface area contributed by atoms with E-state index in [0.29, 0.717) is 19.5 Å². The molecule has 13 heavy (non-hydrogen) atoms. The van der Waals surface area contributed by atoms with Crippen LogP contribution in [-0.2, 0) is 9.59 Å². The van der Waals surface area contributed by atoms with Gasteiger partial charge in [-0.2, -0.15) is 0 Å². The fourth-order valence-electron chi connectivity index (χ4n) is 0.810. The van der Waals surface area contributed by atoms with Crippen molar-refractivity contribution in [2.75, 3.05) is 13.1 Å². The van der Waals surface area contributed by atoms with Gasteiger partial charge in [-0.1, -0.05) is 0 Å². The van der Waals surface area contributed by atoms with Crippen LogP contribution in [0.2, 0.25) is 0 Å². The fourth-order valence-corrected chi connectivity index (χ4v) is 0.810. The highest BCUT2D eigenvalue weighted by Gasteiger charge is 2.02. The summed E-state index contributed by atoms with van der Waals surface area (Å²) in [7, 11) is 0. The van der Waals surface area contributed by atoms with E-state index in [-0.39, 0.29) is 17.9 Å². The van der Waals surface area contributed by atoms with Crippen molar-refractivity contribution < 1.29 is 9.59 Å². The Hall–Kier alpha value is -1.10. The molecule has 2 amide bonds. The molecule has 0 aliphatic heterocycles. The molecule has 5 nitrogen and oxygen atoms in total. The minimum Gasteiger partial charge on any atom is -0.356 e. The summed E-state index contributed by atoms with van der Waals surface area (Å²) in [5, 5.41) is 5.24. The van der Waals surface area contributed by atoms with Crippen molar-refractivity contribution in [2.45, 2.75) is 26.3 Å². The van der Waals surface area contributed by atoms with Gasteiger partial charge in [0.05, 0.1) is 0 Å². The number of nitrogens with one attached hydrogen (secondary N) is 2. The SMILES string of the molecule is CC(=O)NCCC(N)CNC(C)=O. The summed E-state index contributed by atoms with van der Waals surface area (Å²) in [5.74, 6) is -0.151. The lowest BCUT2D eigenvalue weighted by Crippen LogP contribution is -2.38. The minimum absolute atomic E-state index is 0.0632. The molecule has 0 rings (SSSR count). The molecule has 0 aliphatic rings. The van der Waals surface area contributed by atoms with E-state index in [4.69, 9.17) is 5.73 Å². The highest BCUT2D eigenvalue weighted by Crippen LogP contribution is 1.84. The van der Waals surface area contributed by atoms with Crippen LogP contribution in [0.4, 0.5) is 0 Å². The van der Waals surface area contributed by atoms with Crippen molar-refractivity contribution in [1.82, 2.24) is 10.6 Å². The average Bonchev–Trinajstić information content (AvgIpc) is 2.00. The third-order valence-electron chi connectivity index (χ3n) is 1.50. The van der Waals surface area contributed by atoms with Crippen LogP contribution in [0.3, 0.4) is 0 Å². The minimum atomic E-state index is -0.101.